The van der Waals surface area contributed by atoms with Crippen molar-refractivity contribution in [3.8, 4) is 0 Å². The second-order valence-corrected chi connectivity index (χ2v) is 9.69. The number of rotatable bonds is 19. The van der Waals surface area contributed by atoms with E-state index >= 15 is 0 Å². The summed E-state index contributed by atoms with van der Waals surface area (Å²) in [5.41, 5.74) is 0.384. The number of ether oxygens (including phenoxy) is 1. The van der Waals surface area contributed by atoms with Gasteiger partial charge in [0.25, 0.3) is 0 Å². The molecule has 164 valence electrons. The van der Waals surface area contributed by atoms with Crippen molar-refractivity contribution in [3.63, 3.8) is 0 Å². The summed E-state index contributed by atoms with van der Waals surface area (Å²) in [6.07, 6.45) is 18.4. The summed E-state index contributed by atoms with van der Waals surface area (Å²) >= 11 is 0. The number of alkyl halides is 2. The largest absolute Gasteiger partial charge is 0.381 e. The first kappa shape index (κ1) is 26.8. The fourth-order valence-corrected chi connectivity index (χ4v) is 3.24. The second kappa shape index (κ2) is 16.7. The first-order valence-corrected chi connectivity index (χ1v) is 11.7. The van der Waals surface area contributed by atoms with Crippen molar-refractivity contribution in [2.75, 3.05) is 13.2 Å². The molecule has 0 aromatic carbocycles. The Hall–Kier alpha value is -0.180. The topological polar surface area (TPSA) is 9.23 Å². The minimum Gasteiger partial charge on any atom is -0.381 e. The maximum Gasteiger partial charge on any atom is 0.245 e. The van der Waals surface area contributed by atoms with E-state index in [1.807, 2.05) is 0 Å². The summed E-state index contributed by atoms with van der Waals surface area (Å²) in [6, 6.07) is 0. The van der Waals surface area contributed by atoms with E-state index < -0.39 is 5.92 Å². The van der Waals surface area contributed by atoms with Crippen molar-refractivity contribution in [2.24, 2.45) is 5.41 Å². The summed E-state index contributed by atoms with van der Waals surface area (Å²) in [5, 5.41) is 0. The molecule has 0 heterocycles. The Balaban J connectivity index is 3.07. The standard InChI is InChI=1S/C24H48F2O/c1-23(2,3)20-22-27-21-18-16-14-12-10-8-6-5-7-9-11-13-15-17-19-24(4,25)26/h5-22H2,1-4H3. The Bertz CT molecular complexity index is 274. The van der Waals surface area contributed by atoms with Crippen LogP contribution in [-0.4, -0.2) is 19.1 Å². The maximum atomic E-state index is 12.7. The average Bonchev–Trinajstić information content (AvgIpc) is 2.55. The Morgan fingerprint density at radius 1 is 0.481 bits per heavy atom. The molecule has 0 fully saturated rings. The van der Waals surface area contributed by atoms with Crippen molar-refractivity contribution in [3.05, 3.63) is 0 Å². The van der Waals surface area contributed by atoms with E-state index in [-0.39, 0.29) is 6.42 Å². The lowest BCUT2D eigenvalue weighted by Crippen LogP contribution is -2.09. The molecule has 0 spiro atoms. The lowest BCUT2D eigenvalue weighted by Gasteiger charge is -2.17. The van der Waals surface area contributed by atoms with Crippen LogP contribution in [-0.2, 0) is 4.74 Å². The monoisotopic (exact) mass is 390 g/mol. The fourth-order valence-electron chi connectivity index (χ4n) is 3.24. The van der Waals surface area contributed by atoms with Crippen LogP contribution < -0.4 is 0 Å². The summed E-state index contributed by atoms with van der Waals surface area (Å²) < 4.78 is 31.0. The molecule has 0 unspecified atom stereocenters. The fraction of sp³-hybridized carbons (Fsp3) is 1.00. The quantitative estimate of drug-likeness (QED) is 0.200. The molecule has 0 aromatic heterocycles. The zero-order chi connectivity index (χ0) is 20.4. The van der Waals surface area contributed by atoms with E-state index in [2.05, 4.69) is 20.8 Å². The third-order valence-electron chi connectivity index (χ3n) is 5.15. The molecule has 0 aliphatic heterocycles. The van der Waals surface area contributed by atoms with Crippen LogP contribution in [0.3, 0.4) is 0 Å². The molecule has 0 amide bonds. The number of hydrogen-bond acceptors (Lipinski definition) is 1. The van der Waals surface area contributed by atoms with Gasteiger partial charge in [0, 0.05) is 19.6 Å². The first-order valence-electron chi connectivity index (χ1n) is 11.7. The van der Waals surface area contributed by atoms with Crippen LogP contribution in [0.4, 0.5) is 8.78 Å². The van der Waals surface area contributed by atoms with E-state index in [0.29, 0.717) is 11.8 Å². The van der Waals surface area contributed by atoms with E-state index in [4.69, 9.17) is 4.74 Å². The molecule has 0 saturated heterocycles. The van der Waals surface area contributed by atoms with Gasteiger partial charge in [-0.25, -0.2) is 8.78 Å². The highest BCUT2D eigenvalue weighted by atomic mass is 19.3. The van der Waals surface area contributed by atoms with Gasteiger partial charge in [-0.1, -0.05) is 97.8 Å². The maximum absolute atomic E-state index is 12.7. The predicted octanol–water partition coefficient (Wildman–Crippen LogP) is 8.95. The molecule has 0 aliphatic rings. The second-order valence-electron chi connectivity index (χ2n) is 9.69. The van der Waals surface area contributed by atoms with Crippen LogP contribution in [0.2, 0.25) is 0 Å². The highest BCUT2D eigenvalue weighted by Gasteiger charge is 2.19. The summed E-state index contributed by atoms with van der Waals surface area (Å²) in [5.74, 6) is -2.47. The van der Waals surface area contributed by atoms with Gasteiger partial charge in [-0.3, -0.25) is 0 Å². The summed E-state index contributed by atoms with van der Waals surface area (Å²) in [7, 11) is 0. The van der Waals surface area contributed by atoms with Gasteiger partial charge < -0.3 is 4.74 Å². The van der Waals surface area contributed by atoms with Crippen LogP contribution >= 0.6 is 0 Å². The van der Waals surface area contributed by atoms with Crippen LogP contribution in [0.25, 0.3) is 0 Å². The molecule has 0 radical (unpaired) electrons. The number of hydrogen-bond donors (Lipinski definition) is 0. The van der Waals surface area contributed by atoms with Crippen molar-refractivity contribution in [1.29, 1.82) is 0 Å². The highest BCUT2D eigenvalue weighted by molar-refractivity contribution is 4.60. The molecular formula is C24H48F2O. The van der Waals surface area contributed by atoms with E-state index in [1.165, 1.54) is 70.6 Å². The van der Waals surface area contributed by atoms with Crippen LogP contribution in [0, 0.1) is 5.41 Å². The smallest absolute Gasteiger partial charge is 0.245 e. The predicted molar refractivity (Wildman–Crippen MR) is 115 cm³/mol. The summed E-state index contributed by atoms with van der Waals surface area (Å²) in [4.78, 5) is 0. The van der Waals surface area contributed by atoms with Gasteiger partial charge in [0.2, 0.25) is 5.92 Å². The molecule has 0 N–H and O–H groups in total. The molecule has 3 heteroatoms. The molecule has 0 aliphatic carbocycles. The van der Waals surface area contributed by atoms with Crippen LogP contribution in [0.15, 0.2) is 0 Å². The molecular weight excluding hydrogens is 342 g/mol. The third kappa shape index (κ3) is 25.8. The lowest BCUT2D eigenvalue weighted by molar-refractivity contribution is 0.0103. The van der Waals surface area contributed by atoms with Crippen molar-refractivity contribution < 1.29 is 13.5 Å². The minimum atomic E-state index is -2.47. The van der Waals surface area contributed by atoms with Gasteiger partial charge >= 0.3 is 0 Å². The van der Waals surface area contributed by atoms with Crippen LogP contribution in [0.1, 0.15) is 130 Å². The first-order chi connectivity index (χ1) is 12.7. The molecule has 1 nitrogen and oxygen atoms in total. The van der Waals surface area contributed by atoms with E-state index in [0.717, 1.165) is 39.4 Å². The zero-order valence-corrected chi connectivity index (χ0v) is 18.9. The molecule has 27 heavy (non-hydrogen) atoms. The zero-order valence-electron chi connectivity index (χ0n) is 18.9. The average molecular weight is 391 g/mol. The molecule has 0 atom stereocenters. The Labute approximate surface area is 169 Å². The van der Waals surface area contributed by atoms with Gasteiger partial charge in [-0.15, -0.1) is 0 Å². The third-order valence-corrected chi connectivity index (χ3v) is 5.15. The molecule has 0 bridgehead atoms. The molecule has 0 rings (SSSR count). The molecule has 0 aromatic rings. The van der Waals surface area contributed by atoms with Gasteiger partial charge in [0.1, 0.15) is 0 Å². The van der Waals surface area contributed by atoms with E-state index in [1.54, 1.807) is 0 Å². The van der Waals surface area contributed by atoms with Gasteiger partial charge in [-0.05, 0) is 31.6 Å². The van der Waals surface area contributed by atoms with Crippen molar-refractivity contribution in [2.45, 2.75) is 136 Å². The lowest BCUT2D eigenvalue weighted by atomic mass is 9.93. The number of unbranched alkanes of at least 4 members (excludes halogenated alkanes) is 13. The molecule has 0 saturated carbocycles. The van der Waals surface area contributed by atoms with Crippen LogP contribution in [0.5, 0.6) is 0 Å². The van der Waals surface area contributed by atoms with Gasteiger partial charge in [-0.2, -0.15) is 0 Å². The minimum absolute atomic E-state index is 0.0528. The van der Waals surface area contributed by atoms with Crippen molar-refractivity contribution in [1.82, 2.24) is 0 Å². The SMILES string of the molecule is CC(C)(C)CCOCCCCCCCCCCCCCCCCC(C)(F)F. The number of halogens is 2. The van der Waals surface area contributed by atoms with Crippen molar-refractivity contribution >= 4 is 0 Å². The van der Waals surface area contributed by atoms with Gasteiger partial charge in [0.05, 0.1) is 0 Å². The van der Waals surface area contributed by atoms with Gasteiger partial charge in [0.15, 0.2) is 0 Å². The Kier molecular flexibility index (Phi) is 16.6. The van der Waals surface area contributed by atoms with E-state index in [9.17, 15) is 8.78 Å². The highest BCUT2D eigenvalue weighted by Crippen LogP contribution is 2.21. The Morgan fingerprint density at radius 2 is 0.852 bits per heavy atom. The Morgan fingerprint density at radius 3 is 1.22 bits per heavy atom. The summed E-state index contributed by atoms with van der Waals surface area (Å²) in [6.45, 7) is 9.63. The normalized spacial score (nSPS) is 12.7.